The van der Waals surface area contributed by atoms with Crippen LogP contribution in [0.3, 0.4) is 0 Å². The minimum absolute atomic E-state index is 0.0792. The summed E-state index contributed by atoms with van der Waals surface area (Å²) in [5.74, 6) is -0.0792. The first kappa shape index (κ1) is 11.0. The van der Waals surface area contributed by atoms with Gasteiger partial charge >= 0.3 is 0 Å². The van der Waals surface area contributed by atoms with Gasteiger partial charge in [-0.15, -0.1) is 5.10 Å². The van der Waals surface area contributed by atoms with Crippen LogP contribution in [0.15, 0.2) is 32.9 Å². The first-order valence-corrected chi connectivity index (χ1v) is 4.83. The summed E-state index contributed by atoms with van der Waals surface area (Å²) in [4.78, 5) is 0. The Labute approximate surface area is 94.8 Å². The number of nitrogens with zero attached hydrogens (tertiary/aromatic N) is 2. The number of hydrogen-bond acceptors (Lipinski definition) is 2. The van der Waals surface area contributed by atoms with E-state index in [2.05, 4.69) is 26.1 Å². The van der Waals surface area contributed by atoms with Crippen LogP contribution >= 0.6 is 27.5 Å². The van der Waals surface area contributed by atoms with Crippen molar-refractivity contribution in [1.29, 1.82) is 0 Å². The molecule has 1 aromatic carbocycles. The molecule has 0 atom stereocenters. The molecule has 1 rings (SSSR count). The van der Waals surface area contributed by atoms with Crippen LogP contribution in [0.2, 0.25) is 5.02 Å². The molecule has 0 aromatic heterocycles. The van der Waals surface area contributed by atoms with Crippen LogP contribution in [0.1, 0.15) is 5.56 Å². The van der Waals surface area contributed by atoms with Crippen molar-refractivity contribution in [2.45, 2.75) is 0 Å². The van der Waals surface area contributed by atoms with Crippen molar-refractivity contribution in [2.24, 2.45) is 21.7 Å². The molecule has 0 fully saturated rings. The Balaban J connectivity index is 2.83. The van der Waals surface area contributed by atoms with E-state index in [1.54, 1.807) is 6.07 Å². The highest BCUT2D eigenvalue weighted by Gasteiger charge is 1.96. The molecule has 74 valence electrons. The second kappa shape index (κ2) is 4.97. The Morgan fingerprint density at radius 1 is 1.43 bits per heavy atom. The monoisotopic (exact) mass is 274 g/mol. The molecular weight excluding hydrogens is 267 g/mol. The van der Waals surface area contributed by atoms with Gasteiger partial charge in [0.1, 0.15) is 0 Å². The van der Waals surface area contributed by atoms with E-state index in [0.29, 0.717) is 5.02 Å². The van der Waals surface area contributed by atoms with E-state index < -0.39 is 0 Å². The second-order valence-corrected chi connectivity index (χ2v) is 3.70. The molecule has 6 heteroatoms. The van der Waals surface area contributed by atoms with Gasteiger partial charge in [-0.25, -0.2) is 0 Å². The van der Waals surface area contributed by atoms with Crippen molar-refractivity contribution in [2.75, 3.05) is 0 Å². The zero-order chi connectivity index (χ0) is 10.6. The van der Waals surface area contributed by atoms with Gasteiger partial charge < -0.3 is 11.5 Å². The molecule has 1 aromatic rings. The second-order valence-electron chi connectivity index (χ2n) is 2.44. The molecule has 0 saturated carbocycles. The average molecular weight is 276 g/mol. The van der Waals surface area contributed by atoms with Crippen LogP contribution in [0.25, 0.3) is 0 Å². The zero-order valence-electron chi connectivity index (χ0n) is 7.11. The third kappa shape index (κ3) is 3.35. The van der Waals surface area contributed by atoms with Gasteiger partial charge in [0, 0.05) is 4.47 Å². The number of guanidine groups is 1. The number of hydrogen-bond donors (Lipinski definition) is 2. The van der Waals surface area contributed by atoms with Crippen molar-refractivity contribution >= 4 is 39.7 Å². The zero-order valence-corrected chi connectivity index (χ0v) is 9.46. The number of rotatable bonds is 2. The van der Waals surface area contributed by atoms with E-state index >= 15 is 0 Å². The van der Waals surface area contributed by atoms with Gasteiger partial charge in [0.25, 0.3) is 0 Å². The molecule has 0 aliphatic heterocycles. The molecule has 0 unspecified atom stereocenters. The van der Waals surface area contributed by atoms with Crippen molar-refractivity contribution in [1.82, 2.24) is 0 Å². The first-order chi connectivity index (χ1) is 6.59. The Morgan fingerprint density at radius 3 is 2.71 bits per heavy atom. The Morgan fingerprint density at radius 2 is 2.14 bits per heavy atom. The number of benzene rings is 1. The summed E-state index contributed by atoms with van der Waals surface area (Å²) in [5.41, 5.74) is 11.0. The SMILES string of the molecule is NC(N)=NN=Cc1ccc(Br)c(Cl)c1. The minimum atomic E-state index is -0.0792. The van der Waals surface area contributed by atoms with Crippen molar-refractivity contribution in [3.8, 4) is 0 Å². The van der Waals surface area contributed by atoms with Gasteiger partial charge in [0.2, 0.25) is 5.96 Å². The topological polar surface area (TPSA) is 76.8 Å². The lowest BCUT2D eigenvalue weighted by molar-refractivity contribution is 1.21. The standard InChI is InChI=1S/C8H8BrClN4/c9-6-2-1-5(3-7(6)10)4-13-14-8(11)12/h1-4H,(H4,11,12,14). The first-order valence-electron chi connectivity index (χ1n) is 3.66. The predicted molar refractivity (Wildman–Crippen MR) is 62.6 cm³/mol. The summed E-state index contributed by atoms with van der Waals surface area (Å²) >= 11 is 9.14. The quantitative estimate of drug-likeness (QED) is 0.490. The van der Waals surface area contributed by atoms with Crippen molar-refractivity contribution < 1.29 is 0 Å². The van der Waals surface area contributed by atoms with Crippen molar-refractivity contribution in [3.63, 3.8) is 0 Å². The summed E-state index contributed by atoms with van der Waals surface area (Å²) in [6, 6.07) is 5.40. The molecule has 4 N–H and O–H groups in total. The Kier molecular flexibility index (Phi) is 3.91. The maximum Gasteiger partial charge on any atom is 0.211 e. The van der Waals surface area contributed by atoms with E-state index in [1.165, 1.54) is 6.21 Å². The minimum Gasteiger partial charge on any atom is -0.369 e. The molecule has 0 saturated heterocycles. The molecule has 14 heavy (non-hydrogen) atoms. The average Bonchev–Trinajstić information content (AvgIpc) is 2.10. The Bertz CT molecular complexity index is 385. The fourth-order valence-electron chi connectivity index (χ4n) is 0.755. The van der Waals surface area contributed by atoms with E-state index in [0.717, 1.165) is 10.0 Å². The maximum atomic E-state index is 5.86. The van der Waals surface area contributed by atoms with Crippen LogP contribution in [0, 0.1) is 0 Å². The van der Waals surface area contributed by atoms with E-state index in [-0.39, 0.29) is 5.96 Å². The van der Waals surface area contributed by atoms with Gasteiger partial charge in [-0.05, 0) is 33.6 Å². The number of nitrogens with two attached hydrogens (primary N) is 2. The molecule has 0 heterocycles. The lowest BCUT2D eigenvalue weighted by atomic mass is 10.2. The van der Waals surface area contributed by atoms with Crippen LogP contribution in [-0.2, 0) is 0 Å². The molecule has 0 aliphatic carbocycles. The number of halogens is 2. The summed E-state index contributed by atoms with van der Waals surface area (Å²) in [5, 5.41) is 7.72. The molecule has 0 radical (unpaired) electrons. The summed E-state index contributed by atoms with van der Waals surface area (Å²) in [6.45, 7) is 0. The summed E-state index contributed by atoms with van der Waals surface area (Å²) in [7, 11) is 0. The van der Waals surface area contributed by atoms with E-state index in [1.807, 2.05) is 12.1 Å². The Hall–Kier alpha value is -1.07. The maximum absolute atomic E-state index is 5.86. The summed E-state index contributed by atoms with van der Waals surface area (Å²) < 4.78 is 0.832. The van der Waals surface area contributed by atoms with Gasteiger partial charge in [0.05, 0.1) is 11.2 Å². The molecule has 4 nitrogen and oxygen atoms in total. The smallest absolute Gasteiger partial charge is 0.211 e. The molecular formula is C8H8BrClN4. The highest BCUT2D eigenvalue weighted by atomic mass is 79.9. The third-order valence-corrected chi connectivity index (χ3v) is 2.56. The lowest BCUT2D eigenvalue weighted by Gasteiger charge is -1.96. The summed E-state index contributed by atoms with van der Waals surface area (Å²) in [6.07, 6.45) is 1.51. The largest absolute Gasteiger partial charge is 0.369 e. The molecule has 0 aliphatic rings. The van der Waals surface area contributed by atoms with E-state index in [9.17, 15) is 0 Å². The highest BCUT2D eigenvalue weighted by Crippen LogP contribution is 2.22. The van der Waals surface area contributed by atoms with Crippen LogP contribution in [-0.4, -0.2) is 12.2 Å². The van der Waals surface area contributed by atoms with Crippen LogP contribution in [0.4, 0.5) is 0 Å². The van der Waals surface area contributed by atoms with Gasteiger partial charge in [-0.2, -0.15) is 5.10 Å². The lowest BCUT2D eigenvalue weighted by Crippen LogP contribution is -2.21. The van der Waals surface area contributed by atoms with Crippen LogP contribution in [0.5, 0.6) is 0 Å². The van der Waals surface area contributed by atoms with Crippen molar-refractivity contribution in [3.05, 3.63) is 33.3 Å². The fourth-order valence-corrected chi connectivity index (χ4v) is 1.19. The van der Waals surface area contributed by atoms with Gasteiger partial charge in [-0.1, -0.05) is 17.7 Å². The third-order valence-electron chi connectivity index (χ3n) is 1.32. The normalized spacial score (nSPS) is 10.4. The van der Waals surface area contributed by atoms with Gasteiger partial charge in [0.15, 0.2) is 0 Å². The fraction of sp³-hybridized carbons (Fsp3) is 0. The molecule has 0 spiro atoms. The van der Waals surface area contributed by atoms with Gasteiger partial charge in [-0.3, -0.25) is 0 Å². The highest BCUT2D eigenvalue weighted by molar-refractivity contribution is 9.10. The molecule has 0 amide bonds. The molecule has 0 bridgehead atoms. The van der Waals surface area contributed by atoms with E-state index in [4.69, 9.17) is 23.1 Å². The van der Waals surface area contributed by atoms with Crippen LogP contribution < -0.4 is 11.5 Å². The predicted octanol–water partition coefficient (Wildman–Crippen LogP) is 1.71.